The molecule has 0 nitrogen and oxygen atoms in total. The minimum atomic E-state index is 0.848. The van der Waals surface area contributed by atoms with Crippen LogP contribution < -0.4 is 0 Å². The van der Waals surface area contributed by atoms with Gasteiger partial charge in [-0.2, -0.15) is 0 Å². The van der Waals surface area contributed by atoms with Crippen LogP contribution in [0.3, 0.4) is 0 Å². The Morgan fingerprint density at radius 1 is 0.929 bits per heavy atom. The van der Waals surface area contributed by atoms with E-state index in [0.717, 1.165) is 5.92 Å². The number of benzene rings is 2. The number of hydrogen-bond donors (Lipinski definition) is 0. The summed E-state index contributed by atoms with van der Waals surface area (Å²) in [5.41, 5.74) is 2.95. The molecule has 1 aliphatic carbocycles. The second kappa shape index (κ2) is 2.84. The predicted octanol–water partition coefficient (Wildman–Crippen LogP) is 4.03. The zero-order chi connectivity index (χ0) is 9.54. The molecule has 0 amide bonds. The standard InChI is InChI=1S/C14H14/c1-10-6-9-13(11-7-8-11)14-5-3-2-4-12(10)14/h2-6,9,11H,7-8H2,1H3. The lowest BCUT2D eigenvalue weighted by Gasteiger charge is -2.07. The summed E-state index contributed by atoms with van der Waals surface area (Å²) in [6.45, 7) is 2.19. The van der Waals surface area contributed by atoms with Crippen molar-refractivity contribution in [1.29, 1.82) is 0 Å². The summed E-state index contributed by atoms with van der Waals surface area (Å²) in [6.07, 6.45) is 2.76. The Kier molecular flexibility index (Phi) is 1.63. The molecule has 0 unspecified atom stereocenters. The van der Waals surface area contributed by atoms with Crippen LogP contribution in [0.25, 0.3) is 10.8 Å². The van der Waals surface area contributed by atoms with E-state index in [0.29, 0.717) is 0 Å². The summed E-state index contributed by atoms with van der Waals surface area (Å²) < 4.78 is 0. The van der Waals surface area contributed by atoms with E-state index < -0.39 is 0 Å². The van der Waals surface area contributed by atoms with E-state index in [1.54, 1.807) is 5.56 Å². The van der Waals surface area contributed by atoms with Crippen molar-refractivity contribution >= 4 is 10.8 Å². The van der Waals surface area contributed by atoms with Gasteiger partial charge in [-0.25, -0.2) is 0 Å². The van der Waals surface area contributed by atoms with E-state index in [1.807, 2.05) is 0 Å². The number of rotatable bonds is 1. The largest absolute Gasteiger partial charge is 0.0616 e. The van der Waals surface area contributed by atoms with Crippen molar-refractivity contribution in [2.24, 2.45) is 0 Å². The van der Waals surface area contributed by atoms with Crippen LogP contribution in [0.15, 0.2) is 36.4 Å². The third-order valence-corrected chi connectivity index (χ3v) is 3.19. The monoisotopic (exact) mass is 182 g/mol. The van der Waals surface area contributed by atoms with Crippen molar-refractivity contribution in [3.63, 3.8) is 0 Å². The van der Waals surface area contributed by atoms with Gasteiger partial charge < -0.3 is 0 Å². The van der Waals surface area contributed by atoms with Crippen LogP contribution in [-0.4, -0.2) is 0 Å². The smallest absolute Gasteiger partial charge is 0.0146 e. The first kappa shape index (κ1) is 8.05. The van der Waals surface area contributed by atoms with Crippen molar-refractivity contribution in [2.45, 2.75) is 25.7 Å². The molecule has 2 aromatic rings. The van der Waals surface area contributed by atoms with Crippen molar-refractivity contribution < 1.29 is 0 Å². The minimum Gasteiger partial charge on any atom is -0.0616 e. The van der Waals surface area contributed by atoms with Gasteiger partial charge in [-0.3, -0.25) is 0 Å². The summed E-state index contributed by atoms with van der Waals surface area (Å²) in [6, 6.07) is 13.3. The van der Waals surface area contributed by atoms with Gasteiger partial charge in [-0.05, 0) is 47.6 Å². The quantitative estimate of drug-likeness (QED) is 0.624. The molecule has 1 saturated carbocycles. The molecule has 70 valence electrons. The van der Waals surface area contributed by atoms with Crippen LogP contribution in [0, 0.1) is 6.92 Å². The van der Waals surface area contributed by atoms with Crippen molar-refractivity contribution in [3.8, 4) is 0 Å². The summed E-state index contributed by atoms with van der Waals surface area (Å²) >= 11 is 0. The fourth-order valence-corrected chi connectivity index (χ4v) is 2.22. The fourth-order valence-electron chi connectivity index (χ4n) is 2.22. The Bertz CT molecular complexity index is 478. The SMILES string of the molecule is Cc1ccc(C2CC2)c2ccccc12. The molecule has 0 aliphatic heterocycles. The van der Waals surface area contributed by atoms with Crippen LogP contribution in [0.1, 0.15) is 29.9 Å². The maximum atomic E-state index is 2.31. The third-order valence-electron chi connectivity index (χ3n) is 3.19. The van der Waals surface area contributed by atoms with Crippen LogP contribution in [0.4, 0.5) is 0 Å². The van der Waals surface area contributed by atoms with Gasteiger partial charge in [0.2, 0.25) is 0 Å². The molecule has 0 saturated heterocycles. The molecular formula is C14H14. The minimum absolute atomic E-state index is 0.848. The highest BCUT2D eigenvalue weighted by molar-refractivity contribution is 5.89. The second-order valence-corrected chi connectivity index (χ2v) is 4.29. The van der Waals surface area contributed by atoms with E-state index in [9.17, 15) is 0 Å². The van der Waals surface area contributed by atoms with Gasteiger partial charge in [0.15, 0.2) is 0 Å². The molecule has 0 N–H and O–H groups in total. The van der Waals surface area contributed by atoms with Crippen molar-refractivity contribution in [3.05, 3.63) is 47.5 Å². The molecule has 2 aromatic carbocycles. The number of fused-ring (bicyclic) bond motifs is 1. The Morgan fingerprint density at radius 3 is 2.36 bits per heavy atom. The molecule has 1 aliphatic rings. The highest BCUT2D eigenvalue weighted by Crippen LogP contribution is 2.43. The lowest BCUT2D eigenvalue weighted by Crippen LogP contribution is -1.85. The summed E-state index contributed by atoms with van der Waals surface area (Å²) in [5.74, 6) is 0.848. The van der Waals surface area contributed by atoms with E-state index in [1.165, 1.54) is 29.2 Å². The zero-order valence-corrected chi connectivity index (χ0v) is 8.46. The Hall–Kier alpha value is -1.30. The lowest BCUT2D eigenvalue weighted by atomic mass is 9.98. The fraction of sp³-hybridized carbons (Fsp3) is 0.286. The molecule has 0 spiro atoms. The maximum Gasteiger partial charge on any atom is -0.0146 e. The number of aryl methyl sites for hydroxylation is 1. The first-order chi connectivity index (χ1) is 6.86. The average Bonchev–Trinajstić information content (AvgIpc) is 3.03. The van der Waals surface area contributed by atoms with E-state index in [-0.39, 0.29) is 0 Å². The Morgan fingerprint density at radius 2 is 1.64 bits per heavy atom. The molecule has 0 atom stereocenters. The molecule has 14 heavy (non-hydrogen) atoms. The first-order valence-corrected chi connectivity index (χ1v) is 5.34. The molecule has 0 heterocycles. The molecule has 1 fully saturated rings. The van der Waals surface area contributed by atoms with Crippen LogP contribution >= 0.6 is 0 Å². The van der Waals surface area contributed by atoms with Crippen LogP contribution in [0.5, 0.6) is 0 Å². The van der Waals surface area contributed by atoms with Gasteiger partial charge in [0.1, 0.15) is 0 Å². The number of hydrogen-bond acceptors (Lipinski definition) is 0. The van der Waals surface area contributed by atoms with Crippen molar-refractivity contribution in [2.75, 3.05) is 0 Å². The van der Waals surface area contributed by atoms with E-state index >= 15 is 0 Å². The third kappa shape index (κ3) is 1.14. The maximum absolute atomic E-state index is 2.31. The molecule has 0 radical (unpaired) electrons. The highest BCUT2D eigenvalue weighted by Gasteiger charge is 2.25. The lowest BCUT2D eigenvalue weighted by molar-refractivity contribution is 1.15. The summed E-state index contributed by atoms with van der Waals surface area (Å²) in [7, 11) is 0. The average molecular weight is 182 g/mol. The second-order valence-electron chi connectivity index (χ2n) is 4.29. The van der Waals surface area contributed by atoms with Gasteiger partial charge in [-0.15, -0.1) is 0 Å². The van der Waals surface area contributed by atoms with E-state index in [2.05, 4.69) is 43.3 Å². The Balaban J connectivity index is 2.35. The van der Waals surface area contributed by atoms with Gasteiger partial charge in [0.25, 0.3) is 0 Å². The van der Waals surface area contributed by atoms with Gasteiger partial charge in [0.05, 0.1) is 0 Å². The highest BCUT2D eigenvalue weighted by atomic mass is 14.3. The molecule has 0 bridgehead atoms. The molecule has 0 aromatic heterocycles. The molecule has 3 rings (SSSR count). The Labute approximate surface area is 84.6 Å². The van der Waals surface area contributed by atoms with Gasteiger partial charge in [0, 0.05) is 0 Å². The topological polar surface area (TPSA) is 0 Å². The van der Waals surface area contributed by atoms with Crippen molar-refractivity contribution in [1.82, 2.24) is 0 Å². The van der Waals surface area contributed by atoms with Crippen LogP contribution in [0.2, 0.25) is 0 Å². The predicted molar refractivity (Wildman–Crippen MR) is 60.7 cm³/mol. The normalized spacial score (nSPS) is 16.1. The van der Waals surface area contributed by atoms with Gasteiger partial charge in [-0.1, -0.05) is 36.4 Å². The molecular weight excluding hydrogens is 168 g/mol. The van der Waals surface area contributed by atoms with E-state index in [4.69, 9.17) is 0 Å². The summed E-state index contributed by atoms with van der Waals surface area (Å²) in [4.78, 5) is 0. The summed E-state index contributed by atoms with van der Waals surface area (Å²) in [5, 5.41) is 2.90. The zero-order valence-electron chi connectivity index (χ0n) is 8.46. The van der Waals surface area contributed by atoms with Crippen LogP contribution in [-0.2, 0) is 0 Å². The first-order valence-electron chi connectivity index (χ1n) is 5.34. The molecule has 0 heteroatoms. The van der Waals surface area contributed by atoms with Gasteiger partial charge >= 0.3 is 0 Å².